The fourth-order valence-corrected chi connectivity index (χ4v) is 4.29. The van der Waals surface area contributed by atoms with Crippen LogP contribution in [0.25, 0.3) is 0 Å². The second-order valence-electron chi connectivity index (χ2n) is 7.68. The molecule has 1 fully saturated rings. The zero-order chi connectivity index (χ0) is 20.2. The predicted octanol–water partition coefficient (Wildman–Crippen LogP) is 1.87. The molecule has 1 saturated heterocycles. The second-order valence-corrected chi connectivity index (χ2v) is 8.74. The number of piperazine rings is 1. The zero-order valence-electron chi connectivity index (χ0n) is 17.0. The molecule has 156 valence electrons. The number of aromatic nitrogens is 1. The quantitative estimate of drug-likeness (QED) is 0.717. The molecule has 0 N–H and O–H groups in total. The van der Waals surface area contributed by atoms with E-state index in [-0.39, 0.29) is 12.0 Å². The summed E-state index contributed by atoms with van der Waals surface area (Å²) in [5, 5.41) is 3.25. The third-order valence-electron chi connectivity index (χ3n) is 5.35. The number of benzene rings is 1. The van der Waals surface area contributed by atoms with Gasteiger partial charge >= 0.3 is 0 Å². The minimum atomic E-state index is -0.141. The molecule has 3 heterocycles. The van der Waals surface area contributed by atoms with E-state index in [1.165, 1.54) is 0 Å². The lowest BCUT2D eigenvalue weighted by Crippen LogP contribution is -2.50. The van der Waals surface area contributed by atoms with Gasteiger partial charge < -0.3 is 14.4 Å². The highest BCUT2D eigenvalue weighted by atomic mass is 32.1. The topological polar surface area (TPSA) is 58.1 Å². The van der Waals surface area contributed by atoms with Gasteiger partial charge in [-0.15, -0.1) is 11.3 Å². The van der Waals surface area contributed by atoms with Crippen LogP contribution in [0.3, 0.4) is 0 Å². The van der Waals surface area contributed by atoms with Crippen molar-refractivity contribution < 1.29 is 14.3 Å². The summed E-state index contributed by atoms with van der Waals surface area (Å²) in [5.74, 6) is 1.63. The highest BCUT2D eigenvalue weighted by molar-refractivity contribution is 7.09. The number of hydrogen-bond donors (Lipinski definition) is 0. The van der Waals surface area contributed by atoms with E-state index in [9.17, 15) is 4.79 Å². The maximum atomic E-state index is 12.7. The second kappa shape index (κ2) is 9.11. The van der Waals surface area contributed by atoms with Crippen molar-refractivity contribution in [2.24, 2.45) is 0 Å². The van der Waals surface area contributed by atoms with Crippen LogP contribution >= 0.6 is 11.3 Å². The first kappa shape index (κ1) is 20.1. The summed E-state index contributed by atoms with van der Waals surface area (Å²) in [6.07, 6.45) is -0.141. The van der Waals surface area contributed by atoms with Crippen molar-refractivity contribution in [3.63, 3.8) is 0 Å². The van der Waals surface area contributed by atoms with E-state index in [2.05, 4.69) is 20.2 Å². The normalized spacial score (nSPS) is 19.9. The lowest BCUT2D eigenvalue weighted by molar-refractivity contribution is -0.133. The molecule has 0 aliphatic carbocycles. The van der Waals surface area contributed by atoms with E-state index in [4.69, 9.17) is 9.47 Å². The summed E-state index contributed by atoms with van der Waals surface area (Å²) in [6, 6.07) is 7.65. The van der Waals surface area contributed by atoms with Gasteiger partial charge in [0.25, 0.3) is 0 Å². The van der Waals surface area contributed by atoms with Crippen molar-refractivity contribution in [1.82, 2.24) is 19.7 Å². The summed E-state index contributed by atoms with van der Waals surface area (Å²) in [7, 11) is 1.84. The van der Waals surface area contributed by atoms with E-state index >= 15 is 0 Å². The molecule has 0 radical (unpaired) electrons. The Hall–Kier alpha value is -2.16. The Kier molecular flexibility index (Phi) is 6.32. The molecule has 0 bridgehead atoms. The summed E-state index contributed by atoms with van der Waals surface area (Å²) in [4.78, 5) is 23.6. The average molecular weight is 417 g/mol. The number of thiazole rings is 1. The number of aryl methyl sites for hydroxylation is 1. The Morgan fingerprint density at radius 2 is 1.93 bits per heavy atom. The molecule has 2 aromatic rings. The molecule has 1 aromatic carbocycles. The summed E-state index contributed by atoms with van der Waals surface area (Å²) < 4.78 is 11.7. The van der Waals surface area contributed by atoms with Gasteiger partial charge in [-0.25, -0.2) is 4.98 Å². The lowest BCUT2D eigenvalue weighted by Gasteiger charge is -2.35. The number of carbonyl (C=O) groups excluding carboxylic acids is 1. The molecule has 0 saturated carbocycles. The first-order valence-corrected chi connectivity index (χ1v) is 10.9. The smallest absolute Gasteiger partial charge is 0.236 e. The van der Waals surface area contributed by atoms with E-state index in [0.29, 0.717) is 19.7 Å². The molecule has 4 rings (SSSR count). The van der Waals surface area contributed by atoms with Crippen molar-refractivity contribution in [2.75, 3.05) is 52.9 Å². The highest BCUT2D eigenvalue weighted by Gasteiger charge is 2.25. The third-order valence-corrected chi connectivity index (χ3v) is 6.17. The molecule has 1 atom stereocenters. The van der Waals surface area contributed by atoms with Crippen molar-refractivity contribution in [3.8, 4) is 11.5 Å². The maximum Gasteiger partial charge on any atom is 0.236 e. The van der Waals surface area contributed by atoms with Gasteiger partial charge in [0.05, 0.1) is 23.8 Å². The van der Waals surface area contributed by atoms with Gasteiger partial charge in [-0.05, 0) is 19.1 Å². The zero-order valence-corrected chi connectivity index (χ0v) is 17.9. The van der Waals surface area contributed by atoms with Crippen molar-refractivity contribution >= 4 is 17.2 Å². The van der Waals surface area contributed by atoms with Crippen LogP contribution in [0.4, 0.5) is 0 Å². The minimum Gasteiger partial charge on any atom is -0.486 e. The van der Waals surface area contributed by atoms with Gasteiger partial charge in [0.1, 0.15) is 6.61 Å². The first-order chi connectivity index (χ1) is 14.1. The van der Waals surface area contributed by atoms with Gasteiger partial charge in [-0.1, -0.05) is 12.1 Å². The van der Waals surface area contributed by atoms with Crippen LogP contribution in [-0.2, 0) is 11.3 Å². The van der Waals surface area contributed by atoms with Crippen LogP contribution in [-0.4, -0.2) is 84.6 Å². The van der Waals surface area contributed by atoms with Crippen LogP contribution in [0.15, 0.2) is 29.6 Å². The summed E-state index contributed by atoms with van der Waals surface area (Å²) >= 11 is 1.70. The van der Waals surface area contributed by atoms with Crippen LogP contribution < -0.4 is 9.47 Å². The Morgan fingerprint density at radius 1 is 1.21 bits per heavy atom. The Morgan fingerprint density at radius 3 is 2.66 bits per heavy atom. The molecule has 1 amide bonds. The molecule has 7 nitrogen and oxygen atoms in total. The fourth-order valence-electron chi connectivity index (χ4n) is 3.69. The molecule has 0 spiro atoms. The molecular formula is C21H28N4O3S. The monoisotopic (exact) mass is 416 g/mol. The fraction of sp³-hybridized carbons (Fsp3) is 0.524. The number of ether oxygens (including phenoxy) is 2. The van der Waals surface area contributed by atoms with Crippen molar-refractivity contribution in [1.29, 1.82) is 0 Å². The number of nitrogens with zero attached hydrogens (tertiary/aromatic N) is 4. The first-order valence-electron chi connectivity index (χ1n) is 10.0. The summed E-state index contributed by atoms with van der Waals surface area (Å²) in [5.41, 5.74) is 1.15. The number of amides is 1. The van der Waals surface area contributed by atoms with E-state index in [0.717, 1.165) is 54.9 Å². The SMILES string of the molecule is Cc1nc(CN2CCN(CC(=O)N(C)C[C@@H]3COc4ccccc4O3)CC2)cs1. The van der Waals surface area contributed by atoms with E-state index in [1.54, 1.807) is 16.2 Å². The number of rotatable bonds is 6. The van der Waals surface area contributed by atoms with Gasteiger partial charge in [0, 0.05) is 45.2 Å². The standard InChI is InChI=1S/C21H28N4O3S/c1-16-22-17(15-29-16)11-24-7-9-25(10-8-24)13-21(26)23(2)12-18-14-27-19-5-3-4-6-20(19)28-18/h3-6,15,18H,7-14H2,1-2H3/t18-/m1/s1. The molecule has 29 heavy (non-hydrogen) atoms. The molecular weight excluding hydrogens is 388 g/mol. The van der Waals surface area contributed by atoms with E-state index in [1.807, 2.05) is 38.2 Å². The van der Waals surface area contributed by atoms with Crippen LogP contribution in [0, 0.1) is 6.92 Å². The van der Waals surface area contributed by atoms with Gasteiger partial charge in [0.15, 0.2) is 17.6 Å². The lowest BCUT2D eigenvalue weighted by atomic mass is 10.2. The highest BCUT2D eigenvalue weighted by Crippen LogP contribution is 2.30. The number of carbonyl (C=O) groups is 1. The molecule has 2 aliphatic heterocycles. The van der Waals surface area contributed by atoms with Gasteiger partial charge in [-0.2, -0.15) is 0 Å². The average Bonchev–Trinajstić information content (AvgIpc) is 3.14. The minimum absolute atomic E-state index is 0.121. The van der Waals surface area contributed by atoms with Crippen LogP contribution in [0.1, 0.15) is 10.7 Å². The predicted molar refractivity (Wildman–Crippen MR) is 113 cm³/mol. The Bertz CT molecular complexity index is 835. The molecule has 0 unspecified atom stereocenters. The molecule has 1 aromatic heterocycles. The molecule has 2 aliphatic rings. The van der Waals surface area contributed by atoms with Crippen LogP contribution in [0.2, 0.25) is 0 Å². The number of para-hydroxylation sites is 2. The number of fused-ring (bicyclic) bond motifs is 1. The van der Waals surface area contributed by atoms with Crippen LogP contribution in [0.5, 0.6) is 11.5 Å². The Balaban J connectivity index is 1.20. The molecule has 8 heteroatoms. The number of hydrogen-bond acceptors (Lipinski definition) is 7. The van der Waals surface area contributed by atoms with E-state index < -0.39 is 0 Å². The third kappa shape index (κ3) is 5.26. The van der Waals surface area contributed by atoms with Gasteiger partial charge in [0.2, 0.25) is 5.91 Å². The Labute approximate surface area is 175 Å². The van der Waals surface area contributed by atoms with Crippen molar-refractivity contribution in [2.45, 2.75) is 19.6 Å². The maximum absolute atomic E-state index is 12.7. The van der Waals surface area contributed by atoms with Gasteiger partial charge in [-0.3, -0.25) is 14.6 Å². The van der Waals surface area contributed by atoms with Crippen molar-refractivity contribution in [3.05, 3.63) is 40.3 Å². The summed E-state index contributed by atoms with van der Waals surface area (Å²) in [6.45, 7) is 8.10. The largest absolute Gasteiger partial charge is 0.486 e. The number of likely N-dealkylation sites (N-methyl/N-ethyl adjacent to an activating group) is 1.